The molecule has 6 aliphatic rings. The maximum atomic E-state index is 6.63. The van der Waals surface area contributed by atoms with Gasteiger partial charge < -0.3 is 4.74 Å². The van der Waals surface area contributed by atoms with Crippen molar-refractivity contribution < 1.29 is 4.74 Å². The lowest BCUT2D eigenvalue weighted by Gasteiger charge is -2.49. The van der Waals surface area contributed by atoms with Crippen molar-refractivity contribution in [3.05, 3.63) is 203 Å². The maximum Gasteiger partial charge on any atom is 0.123 e. The van der Waals surface area contributed by atoms with Crippen LogP contribution in [0.5, 0.6) is 5.75 Å². The molecule has 6 aromatic carbocycles. The van der Waals surface area contributed by atoms with Crippen LogP contribution in [0.1, 0.15) is 262 Å². The van der Waals surface area contributed by atoms with Crippen LogP contribution in [-0.4, -0.2) is 6.61 Å². The molecule has 12 rings (SSSR count). The zero-order valence-corrected chi connectivity index (χ0v) is 44.1. The first kappa shape index (κ1) is 47.9. The van der Waals surface area contributed by atoms with Crippen molar-refractivity contribution in [3.8, 4) is 29.4 Å². The van der Waals surface area contributed by atoms with Gasteiger partial charge in [-0.2, -0.15) is 0 Å². The second kappa shape index (κ2) is 19.4. The van der Waals surface area contributed by atoms with E-state index in [9.17, 15) is 0 Å². The van der Waals surface area contributed by atoms with Crippen LogP contribution in [0.4, 0.5) is 0 Å². The summed E-state index contributed by atoms with van der Waals surface area (Å²) in [5, 5.41) is 0. The van der Waals surface area contributed by atoms with Crippen molar-refractivity contribution in [1.29, 1.82) is 0 Å². The molecule has 0 aliphatic heterocycles. The number of ether oxygens (including phenoxy) is 1. The van der Waals surface area contributed by atoms with Gasteiger partial charge in [0, 0.05) is 40.4 Å². The molecule has 0 N–H and O–H groups in total. The molecule has 0 heterocycles. The summed E-state index contributed by atoms with van der Waals surface area (Å²) in [6.45, 7) is 23.6. The summed E-state index contributed by atoms with van der Waals surface area (Å²) in [5.74, 6) is 16.6. The van der Waals surface area contributed by atoms with Crippen molar-refractivity contribution in [1.82, 2.24) is 0 Å². The van der Waals surface area contributed by atoms with Crippen LogP contribution in [0, 0.1) is 37.5 Å². The quantitative estimate of drug-likeness (QED) is 0.0780. The van der Waals surface area contributed by atoms with Crippen LogP contribution >= 0.6 is 0 Å². The first-order valence-electron chi connectivity index (χ1n) is 27.2. The third-order valence-electron chi connectivity index (χ3n) is 16.5. The Morgan fingerprint density at radius 3 is 1.26 bits per heavy atom. The number of hydrogen-bond donors (Lipinski definition) is 0. The van der Waals surface area contributed by atoms with Crippen molar-refractivity contribution in [2.24, 2.45) is 0 Å². The fraction of sp³-hybridized carbons (Fsp3) is 0.420. The predicted octanol–water partition coefficient (Wildman–Crippen LogP) is 17.7. The largest absolute Gasteiger partial charge is 0.493 e. The molecule has 1 heteroatoms. The highest BCUT2D eigenvalue weighted by molar-refractivity contribution is 5.83. The van der Waals surface area contributed by atoms with Gasteiger partial charge in [0.05, 0.1) is 6.61 Å². The van der Waals surface area contributed by atoms with E-state index in [0.717, 1.165) is 24.3 Å². The summed E-state index contributed by atoms with van der Waals surface area (Å²) >= 11 is 0. The molecule has 0 fully saturated rings. The number of rotatable bonds is 14. The third-order valence-corrected chi connectivity index (χ3v) is 16.5. The van der Waals surface area contributed by atoms with Gasteiger partial charge >= 0.3 is 0 Å². The average Bonchev–Trinajstić information content (AvgIpc) is 3.34. The Morgan fingerprint density at radius 1 is 0.429 bits per heavy atom. The van der Waals surface area contributed by atoms with Gasteiger partial charge in [0.25, 0.3) is 0 Å². The van der Waals surface area contributed by atoms with Crippen LogP contribution in [0.2, 0.25) is 0 Å². The predicted molar refractivity (Wildman–Crippen MR) is 294 cm³/mol. The second-order valence-corrected chi connectivity index (χ2v) is 23.4. The highest BCUT2D eigenvalue weighted by Crippen LogP contribution is 2.64. The van der Waals surface area contributed by atoms with Gasteiger partial charge in [-0.1, -0.05) is 228 Å². The third kappa shape index (κ3) is 8.55. The van der Waals surface area contributed by atoms with E-state index in [-0.39, 0.29) is 34.5 Å². The molecule has 0 saturated heterocycles. The van der Waals surface area contributed by atoms with Crippen molar-refractivity contribution in [2.45, 2.75) is 181 Å². The van der Waals surface area contributed by atoms with Crippen molar-refractivity contribution >= 4 is 0 Å². The highest BCUT2D eigenvalue weighted by atomic mass is 16.5. The van der Waals surface area contributed by atoms with Gasteiger partial charge in [-0.05, 0) is 133 Å². The van der Waals surface area contributed by atoms with Gasteiger partial charge in [-0.25, -0.2) is 0 Å². The van der Waals surface area contributed by atoms with E-state index in [1.807, 2.05) is 6.92 Å². The number of benzene rings is 6. The molecule has 2 atom stereocenters. The molecule has 6 aromatic rings. The Morgan fingerprint density at radius 2 is 0.829 bits per heavy atom. The summed E-state index contributed by atoms with van der Waals surface area (Å²) in [5.41, 5.74) is 25.5. The smallest absolute Gasteiger partial charge is 0.123 e. The molecule has 70 heavy (non-hydrogen) atoms. The average molecular weight is 921 g/mol. The monoisotopic (exact) mass is 921 g/mol. The Hall–Kier alpha value is -5.76. The van der Waals surface area contributed by atoms with E-state index in [0.29, 0.717) is 0 Å². The summed E-state index contributed by atoms with van der Waals surface area (Å²) in [4.78, 5) is 0. The zero-order valence-electron chi connectivity index (χ0n) is 44.1. The first-order valence-corrected chi connectivity index (χ1v) is 27.2. The Kier molecular flexibility index (Phi) is 13.3. The SMILES string of the molecule is CC#Cc1c2c(c(C#Cc3cc(OCCCCCCCCCCCCCC)c(C)cc3C)c3c1[C@H]1c4ccccc4[C@H]3c3ccccc31)[C@H]1c3ccc(C(C)(C)C)cc3[C@H]2c2ccc(C(C)(C)C)cc21. The molecular weight excluding hydrogens is 845 g/mol. The lowest BCUT2D eigenvalue weighted by molar-refractivity contribution is 0.302. The summed E-state index contributed by atoms with van der Waals surface area (Å²) in [6.07, 6.45) is 16.0. The van der Waals surface area contributed by atoms with Gasteiger partial charge in [-0.3, -0.25) is 0 Å². The van der Waals surface area contributed by atoms with E-state index in [4.69, 9.17) is 4.74 Å². The summed E-state index contributed by atoms with van der Waals surface area (Å²) in [6, 6.07) is 37.9. The topological polar surface area (TPSA) is 9.23 Å². The molecule has 1 nitrogen and oxygen atoms in total. The number of aryl methyl sites for hydroxylation is 2. The standard InChI is InChI=1S/C69H76O/c1-11-13-14-15-16-17-18-19-20-21-22-27-39-70-59-41-46(44(3)40-45(59)4)33-36-56-66-61-51-31-25-23-29-49(51)60(50-30-24-26-32-52(50)61)64(66)55(28-12-2)65-62-53-37-34-48(69(8,9)10)43-58(53)63(67(56)65)54-38-35-47(42-57(54)62)68(5,6)7/h23-26,29-32,34-35,37-38,40-43,60-63H,11,13-22,27,39H2,1-10H3/t60-,61-,62-,63+/m1/s1. The summed E-state index contributed by atoms with van der Waals surface area (Å²) < 4.78 is 6.63. The van der Waals surface area contributed by atoms with Gasteiger partial charge in [-0.15, -0.1) is 5.92 Å². The molecule has 358 valence electrons. The van der Waals surface area contributed by atoms with E-state index in [1.54, 1.807) is 0 Å². The number of hydrogen-bond acceptors (Lipinski definition) is 1. The Labute approximate surface area is 422 Å². The van der Waals surface area contributed by atoms with Gasteiger partial charge in [0.2, 0.25) is 0 Å². The molecule has 0 unspecified atom stereocenters. The molecule has 0 spiro atoms. The van der Waals surface area contributed by atoms with E-state index in [1.165, 1.54) is 171 Å². The molecule has 0 saturated carbocycles. The van der Waals surface area contributed by atoms with Crippen LogP contribution in [0.25, 0.3) is 0 Å². The van der Waals surface area contributed by atoms with Gasteiger partial charge in [0.1, 0.15) is 5.75 Å². The molecule has 6 aliphatic carbocycles. The van der Waals surface area contributed by atoms with E-state index in [2.05, 4.69) is 183 Å². The minimum absolute atomic E-state index is 0.00702. The fourth-order valence-corrected chi connectivity index (χ4v) is 12.9. The van der Waals surface area contributed by atoms with Crippen molar-refractivity contribution in [3.63, 3.8) is 0 Å². The van der Waals surface area contributed by atoms with Crippen LogP contribution in [0.15, 0.2) is 97.1 Å². The molecule has 0 aromatic heterocycles. The second-order valence-electron chi connectivity index (χ2n) is 23.4. The minimum atomic E-state index is 0.00702. The van der Waals surface area contributed by atoms with E-state index < -0.39 is 0 Å². The van der Waals surface area contributed by atoms with Crippen LogP contribution in [0.3, 0.4) is 0 Å². The fourth-order valence-electron chi connectivity index (χ4n) is 12.9. The summed E-state index contributed by atoms with van der Waals surface area (Å²) in [7, 11) is 0. The normalized spacial score (nSPS) is 17.5. The Balaban J connectivity index is 1.10. The molecule has 4 bridgehead atoms. The first-order chi connectivity index (χ1) is 33.8. The van der Waals surface area contributed by atoms with Crippen LogP contribution in [-0.2, 0) is 10.8 Å². The Bertz CT molecular complexity index is 3050. The van der Waals surface area contributed by atoms with Crippen molar-refractivity contribution in [2.75, 3.05) is 6.61 Å². The van der Waals surface area contributed by atoms with Gasteiger partial charge in [0.15, 0.2) is 0 Å². The lowest BCUT2D eigenvalue weighted by Crippen LogP contribution is -2.35. The molecular formula is C69H76O. The molecule has 0 radical (unpaired) electrons. The van der Waals surface area contributed by atoms with E-state index >= 15 is 0 Å². The van der Waals surface area contributed by atoms with Crippen LogP contribution < -0.4 is 4.74 Å². The maximum absolute atomic E-state index is 6.63. The minimum Gasteiger partial charge on any atom is -0.493 e. The lowest BCUT2D eigenvalue weighted by atomic mass is 9.53. The zero-order chi connectivity index (χ0) is 48.9. The molecule has 0 amide bonds. The number of unbranched alkanes of at least 4 members (excludes halogenated alkanes) is 11. The highest BCUT2D eigenvalue weighted by Gasteiger charge is 2.51.